The number of benzene rings is 1. The largest absolute Gasteiger partial charge is 0.293 e. The second kappa shape index (κ2) is 6.47. The van der Waals surface area contributed by atoms with Crippen molar-refractivity contribution >= 4 is 49.0 Å². The molecule has 0 aliphatic heterocycles. The molecule has 1 atom stereocenters. The van der Waals surface area contributed by atoms with Gasteiger partial charge in [-0.05, 0) is 41.1 Å². The number of pyridine rings is 1. The summed E-state index contributed by atoms with van der Waals surface area (Å²) in [7, 11) is -1.47. The molecule has 0 amide bonds. The molecule has 2 rings (SSSR count). The Morgan fingerprint density at radius 3 is 2.60 bits per heavy atom. The Balaban J connectivity index is 2.30. The second-order valence-corrected chi connectivity index (χ2v) is 6.43. The molecule has 0 saturated heterocycles. The number of aryl methyl sites for hydroxylation is 1. The lowest BCUT2D eigenvalue weighted by molar-refractivity contribution is 0.686. The van der Waals surface area contributed by atoms with Crippen LogP contribution in [-0.2, 0) is 11.0 Å². The quantitative estimate of drug-likeness (QED) is 0.799. The van der Waals surface area contributed by atoms with Crippen molar-refractivity contribution in [1.82, 2.24) is 4.98 Å². The summed E-state index contributed by atoms with van der Waals surface area (Å²) in [4.78, 5) is 4.71. The normalized spacial score (nSPS) is 11.9. The molecule has 0 radical (unpaired) electrons. The molecule has 4 nitrogen and oxygen atoms in total. The summed E-state index contributed by atoms with van der Waals surface area (Å²) in [5.74, 6) is 0.304. The minimum absolute atomic E-state index is 0.0824. The molecule has 1 unspecified atom stereocenters. The highest BCUT2D eigenvalue weighted by Crippen LogP contribution is 2.25. The number of aromatic nitrogens is 1. The average molecular weight is 373 g/mol. The van der Waals surface area contributed by atoms with E-state index in [1.165, 1.54) is 6.20 Å². The minimum atomic E-state index is -1.47. The Bertz CT molecular complexity index is 676. The fourth-order valence-corrected chi connectivity index (χ4v) is 3.12. The highest BCUT2D eigenvalue weighted by molar-refractivity contribution is 9.18. The molecule has 0 aliphatic carbocycles. The first-order valence-electron chi connectivity index (χ1n) is 5.63. The Morgan fingerprint density at radius 2 is 2.00 bits per heavy atom. The van der Waals surface area contributed by atoms with Crippen molar-refractivity contribution in [3.8, 4) is 0 Å². The van der Waals surface area contributed by atoms with Crippen LogP contribution in [-0.4, -0.2) is 13.8 Å². The van der Waals surface area contributed by atoms with Crippen molar-refractivity contribution in [3.05, 3.63) is 52.7 Å². The van der Waals surface area contributed by atoms with Crippen molar-refractivity contribution in [2.24, 2.45) is 0 Å². The van der Waals surface area contributed by atoms with Crippen molar-refractivity contribution in [2.75, 3.05) is 4.72 Å². The van der Waals surface area contributed by atoms with Crippen molar-refractivity contribution < 1.29 is 4.21 Å². The predicted molar refractivity (Wildman–Crippen MR) is 86.2 cm³/mol. The zero-order valence-electron chi connectivity index (χ0n) is 10.5. The molecule has 20 heavy (non-hydrogen) atoms. The first-order valence-corrected chi connectivity index (χ1v) is 7.95. The third kappa shape index (κ3) is 3.45. The molecule has 1 aromatic carbocycles. The second-order valence-electron chi connectivity index (χ2n) is 4.01. The number of rotatable bonds is 4. The summed E-state index contributed by atoms with van der Waals surface area (Å²) in [6, 6.07) is 8.90. The molecule has 104 valence electrons. The van der Waals surface area contributed by atoms with Gasteiger partial charge >= 0.3 is 0 Å². The number of hydrogen-bond acceptors (Lipinski definition) is 3. The number of nitrogens with one attached hydrogen (secondary N) is 2. The van der Waals surface area contributed by atoms with E-state index in [0.29, 0.717) is 21.3 Å². The fraction of sp³-hybridized carbons (Fsp3) is 0.0769. The first kappa shape index (κ1) is 15.2. The van der Waals surface area contributed by atoms with Crippen LogP contribution in [0, 0.1) is 12.3 Å². The molecule has 7 heteroatoms. The molecule has 0 spiro atoms. The topological polar surface area (TPSA) is 65.8 Å². The smallest absolute Gasteiger partial charge is 0.151 e. The lowest BCUT2D eigenvalue weighted by atomic mass is 10.2. The Hall–Kier alpha value is -1.24. The van der Waals surface area contributed by atoms with Crippen LogP contribution in [0.1, 0.15) is 11.1 Å². The Kier molecular flexibility index (Phi) is 4.91. The zero-order chi connectivity index (χ0) is 14.7. The van der Waals surface area contributed by atoms with Crippen molar-refractivity contribution in [1.29, 1.82) is 5.41 Å². The fourth-order valence-electron chi connectivity index (χ4n) is 1.53. The van der Waals surface area contributed by atoms with E-state index in [-0.39, 0.29) is 4.62 Å². The van der Waals surface area contributed by atoms with Crippen LogP contribution in [0.15, 0.2) is 41.4 Å². The van der Waals surface area contributed by atoms with Gasteiger partial charge in [0.2, 0.25) is 0 Å². The van der Waals surface area contributed by atoms with Gasteiger partial charge in [0.1, 0.15) is 10.4 Å². The number of hydrogen-bond donors (Lipinski definition) is 2. The van der Waals surface area contributed by atoms with Gasteiger partial charge in [-0.2, -0.15) is 0 Å². The Labute approximate surface area is 132 Å². The average Bonchev–Trinajstić information content (AvgIpc) is 2.39. The zero-order valence-corrected chi connectivity index (χ0v) is 13.6. The Morgan fingerprint density at radius 1 is 1.35 bits per heavy atom. The third-order valence-corrected chi connectivity index (χ3v) is 4.33. The number of nitrogens with zero attached hydrogens (tertiary/aromatic N) is 1. The van der Waals surface area contributed by atoms with Gasteiger partial charge in [-0.25, -0.2) is 9.19 Å². The minimum Gasteiger partial charge on any atom is -0.293 e. The molecule has 1 aromatic heterocycles. The molecule has 1 heterocycles. The molecule has 2 N–H and O–H groups in total. The van der Waals surface area contributed by atoms with Gasteiger partial charge in [0, 0.05) is 6.20 Å². The molecule has 0 fully saturated rings. The molecule has 2 aromatic rings. The molecule has 0 bridgehead atoms. The highest BCUT2D eigenvalue weighted by atomic mass is 79.9. The molecule has 0 saturated carbocycles. The van der Waals surface area contributed by atoms with Gasteiger partial charge in [-0.15, -0.1) is 0 Å². The van der Waals surface area contributed by atoms with E-state index in [2.05, 4.69) is 25.6 Å². The van der Waals surface area contributed by atoms with Gasteiger partial charge in [0.05, 0.1) is 15.5 Å². The van der Waals surface area contributed by atoms with Crippen LogP contribution in [0.2, 0.25) is 5.02 Å². The monoisotopic (exact) mass is 371 g/mol. The van der Waals surface area contributed by atoms with Crippen LogP contribution in [0.3, 0.4) is 0 Å². The van der Waals surface area contributed by atoms with Crippen LogP contribution >= 0.6 is 27.5 Å². The predicted octanol–water partition coefficient (Wildman–Crippen LogP) is 3.90. The number of anilines is 1. The summed E-state index contributed by atoms with van der Waals surface area (Å²) >= 11 is 9.08. The highest BCUT2D eigenvalue weighted by Gasteiger charge is 2.14. The molecule has 0 aliphatic rings. The lowest BCUT2D eigenvalue weighted by Crippen LogP contribution is -2.10. The van der Waals surface area contributed by atoms with Crippen LogP contribution < -0.4 is 4.72 Å². The van der Waals surface area contributed by atoms with Crippen LogP contribution in [0.5, 0.6) is 0 Å². The maximum absolute atomic E-state index is 12.2. The molecular formula is C13H11BrClN3OS. The van der Waals surface area contributed by atoms with Gasteiger partial charge in [0.25, 0.3) is 0 Å². The third-order valence-electron chi connectivity index (χ3n) is 2.54. The van der Waals surface area contributed by atoms with E-state index in [0.717, 1.165) is 5.56 Å². The summed E-state index contributed by atoms with van der Waals surface area (Å²) in [5, 5.41) is 8.01. The van der Waals surface area contributed by atoms with Crippen LogP contribution in [0.4, 0.5) is 5.82 Å². The van der Waals surface area contributed by atoms with Gasteiger partial charge in [-0.1, -0.05) is 29.3 Å². The lowest BCUT2D eigenvalue weighted by Gasteiger charge is -2.10. The van der Waals surface area contributed by atoms with E-state index in [9.17, 15) is 4.21 Å². The van der Waals surface area contributed by atoms with Crippen molar-refractivity contribution in [2.45, 2.75) is 11.8 Å². The van der Waals surface area contributed by atoms with Gasteiger partial charge < -0.3 is 0 Å². The van der Waals surface area contributed by atoms with E-state index in [1.807, 2.05) is 19.1 Å². The van der Waals surface area contributed by atoms with E-state index in [4.69, 9.17) is 17.0 Å². The van der Waals surface area contributed by atoms with Gasteiger partial charge in [-0.3, -0.25) is 10.1 Å². The van der Waals surface area contributed by atoms with Gasteiger partial charge in [0.15, 0.2) is 11.0 Å². The standard InChI is InChI=1S/C13H11BrClN3OS/c1-8-2-4-9(5-3-8)20(19)18-13-11(12(14)16)10(15)6-7-17-13/h2-7,16H,1H3,(H,17,18). The number of halogens is 2. The summed E-state index contributed by atoms with van der Waals surface area (Å²) < 4.78 is 15.1. The van der Waals surface area contributed by atoms with Crippen LogP contribution in [0.25, 0.3) is 0 Å². The van der Waals surface area contributed by atoms with E-state index < -0.39 is 11.0 Å². The summed E-state index contributed by atoms with van der Waals surface area (Å²) in [5.41, 5.74) is 1.48. The van der Waals surface area contributed by atoms with E-state index >= 15 is 0 Å². The SMILES string of the molecule is Cc1ccc(S(=O)Nc2nccc(Cl)c2C(=N)Br)cc1. The maximum Gasteiger partial charge on any atom is 0.151 e. The maximum atomic E-state index is 12.2. The van der Waals surface area contributed by atoms with Crippen molar-refractivity contribution in [3.63, 3.8) is 0 Å². The summed E-state index contributed by atoms with van der Waals surface area (Å²) in [6.07, 6.45) is 1.50. The first-order chi connectivity index (χ1) is 9.49. The summed E-state index contributed by atoms with van der Waals surface area (Å²) in [6.45, 7) is 1.96. The van der Waals surface area contributed by atoms with E-state index in [1.54, 1.807) is 18.2 Å². The molecular weight excluding hydrogens is 362 g/mol.